The fraction of sp³-hybridized carbons (Fsp3) is 0.344. The summed E-state index contributed by atoms with van der Waals surface area (Å²) in [5.74, 6) is 0.749. The predicted molar refractivity (Wildman–Crippen MR) is 159 cm³/mol. The van der Waals surface area contributed by atoms with Crippen molar-refractivity contribution in [2.24, 2.45) is 5.92 Å². The third-order valence-electron chi connectivity index (χ3n) is 7.65. The van der Waals surface area contributed by atoms with E-state index in [0.717, 1.165) is 22.2 Å². The summed E-state index contributed by atoms with van der Waals surface area (Å²) < 4.78 is 10.5. The average molecular weight is 572 g/mol. The number of benzene rings is 3. The summed E-state index contributed by atoms with van der Waals surface area (Å²) in [5, 5.41) is 14.0. The standard InChI is InChI=1S/C32H35BrN2OSi/c1-23(21-35-29-19-25(33)17-18-28(29)31(24-15-16-24)30(35)20-34)22-36-37(32(2,3)4,26-11-7-5-8-12-26)27-13-9-6-10-14-27/h5-14,17-19,23-24H,15-16,21-22H2,1-4H3/t23-/m0/s1. The zero-order valence-corrected chi connectivity index (χ0v) is 24.8. The van der Waals surface area contributed by atoms with Gasteiger partial charge in [0.15, 0.2) is 0 Å². The molecule has 5 rings (SSSR count). The summed E-state index contributed by atoms with van der Waals surface area (Å²) in [6.45, 7) is 10.6. The maximum atomic E-state index is 10.2. The molecule has 1 saturated carbocycles. The van der Waals surface area contributed by atoms with E-state index in [1.807, 2.05) is 0 Å². The van der Waals surface area contributed by atoms with Gasteiger partial charge in [0, 0.05) is 23.0 Å². The van der Waals surface area contributed by atoms with Crippen LogP contribution in [0.4, 0.5) is 0 Å². The fourth-order valence-electron chi connectivity index (χ4n) is 5.84. The zero-order valence-electron chi connectivity index (χ0n) is 22.2. The Kier molecular flexibility index (Phi) is 7.19. The van der Waals surface area contributed by atoms with Gasteiger partial charge < -0.3 is 8.99 Å². The van der Waals surface area contributed by atoms with E-state index < -0.39 is 8.32 Å². The van der Waals surface area contributed by atoms with Gasteiger partial charge in [-0.05, 0) is 57.8 Å². The Labute approximate surface area is 230 Å². The highest BCUT2D eigenvalue weighted by atomic mass is 79.9. The molecule has 37 heavy (non-hydrogen) atoms. The molecule has 1 aromatic heterocycles. The molecule has 1 aliphatic carbocycles. The second kappa shape index (κ2) is 10.2. The minimum atomic E-state index is -2.60. The van der Waals surface area contributed by atoms with E-state index in [1.54, 1.807) is 0 Å². The van der Waals surface area contributed by atoms with Crippen molar-refractivity contribution in [3.05, 3.63) is 94.6 Å². The van der Waals surface area contributed by atoms with E-state index >= 15 is 0 Å². The molecule has 1 aliphatic rings. The second-order valence-corrected chi connectivity index (χ2v) is 16.7. The topological polar surface area (TPSA) is 38.0 Å². The van der Waals surface area contributed by atoms with Crippen LogP contribution in [0.5, 0.6) is 0 Å². The van der Waals surface area contributed by atoms with Gasteiger partial charge in [-0.2, -0.15) is 5.26 Å². The van der Waals surface area contributed by atoms with E-state index in [0.29, 0.717) is 12.5 Å². The van der Waals surface area contributed by atoms with Crippen LogP contribution < -0.4 is 10.4 Å². The van der Waals surface area contributed by atoms with E-state index in [-0.39, 0.29) is 11.0 Å². The molecule has 0 saturated heterocycles. The minimum absolute atomic E-state index is 0.0581. The molecule has 1 fully saturated rings. The van der Waals surface area contributed by atoms with Gasteiger partial charge in [-0.1, -0.05) is 110 Å². The first-order chi connectivity index (χ1) is 17.8. The molecule has 4 aromatic rings. The molecule has 0 aliphatic heterocycles. The van der Waals surface area contributed by atoms with E-state index in [2.05, 4.69) is 133 Å². The Morgan fingerprint density at radius 3 is 2.11 bits per heavy atom. The average Bonchev–Trinajstić information content (AvgIpc) is 3.68. The number of rotatable bonds is 8. The number of fused-ring (bicyclic) bond motifs is 1. The van der Waals surface area contributed by atoms with Crippen molar-refractivity contribution in [1.29, 1.82) is 5.26 Å². The lowest BCUT2D eigenvalue weighted by Crippen LogP contribution is -2.66. The van der Waals surface area contributed by atoms with Crippen molar-refractivity contribution < 1.29 is 4.43 Å². The zero-order chi connectivity index (χ0) is 26.2. The number of nitriles is 1. The van der Waals surface area contributed by atoms with Gasteiger partial charge in [0.25, 0.3) is 8.32 Å². The van der Waals surface area contributed by atoms with Crippen molar-refractivity contribution >= 4 is 45.5 Å². The molecule has 1 heterocycles. The molecule has 190 valence electrons. The largest absolute Gasteiger partial charge is 0.407 e. The van der Waals surface area contributed by atoms with Crippen molar-refractivity contribution in [2.45, 2.75) is 58.0 Å². The molecule has 0 amide bonds. The van der Waals surface area contributed by atoms with E-state index in [1.165, 1.54) is 34.2 Å². The minimum Gasteiger partial charge on any atom is -0.407 e. The van der Waals surface area contributed by atoms with Crippen molar-refractivity contribution in [1.82, 2.24) is 4.57 Å². The Hall–Kier alpha value is -2.65. The summed E-state index contributed by atoms with van der Waals surface area (Å²) in [6, 6.07) is 30.6. The van der Waals surface area contributed by atoms with Crippen LogP contribution in [0.3, 0.4) is 0 Å². The molecule has 3 nitrogen and oxygen atoms in total. The summed E-state index contributed by atoms with van der Waals surface area (Å²) in [5.41, 5.74) is 3.21. The molecule has 0 unspecified atom stereocenters. The Morgan fingerprint density at radius 1 is 1.00 bits per heavy atom. The molecule has 0 spiro atoms. The van der Waals surface area contributed by atoms with Crippen LogP contribution in [-0.2, 0) is 11.0 Å². The predicted octanol–water partition coefficient (Wildman–Crippen LogP) is 7.37. The maximum absolute atomic E-state index is 10.2. The third-order valence-corrected chi connectivity index (χ3v) is 13.2. The monoisotopic (exact) mass is 570 g/mol. The number of hydrogen-bond donors (Lipinski definition) is 0. The number of aromatic nitrogens is 1. The van der Waals surface area contributed by atoms with Gasteiger partial charge in [0.1, 0.15) is 11.8 Å². The first-order valence-corrected chi connectivity index (χ1v) is 15.9. The van der Waals surface area contributed by atoms with Crippen LogP contribution in [0.25, 0.3) is 10.9 Å². The molecule has 1 atom stereocenters. The number of hydrogen-bond acceptors (Lipinski definition) is 2. The highest BCUT2D eigenvalue weighted by Gasteiger charge is 2.50. The number of nitrogens with zero attached hydrogens (tertiary/aromatic N) is 2. The van der Waals surface area contributed by atoms with Crippen LogP contribution in [0, 0.1) is 17.2 Å². The Bertz CT molecular complexity index is 1390. The van der Waals surface area contributed by atoms with Gasteiger partial charge in [-0.3, -0.25) is 0 Å². The molecule has 0 radical (unpaired) electrons. The lowest BCUT2D eigenvalue weighted by molar-refractivity contribution is 0.232. The highest BCUT2D eigenvalue weighted by molar-refractivity contribution is 9.10. The van der Waals surface area contributed by atoms with Gasteiger partial charge in [-0.15, -0.1) is 0 Å². The molecule has 5 heteroatoms. The van der Waals surface area contributed by atoms with Crippen LogP contribution in [0.2, 0.25) is 5.04 Å². The van der Waals surface area contributed by atoms with Crippen molar-refractivity contribution in [3.63, 3.8) is 0 Å². The molecular formula is C32H35BrN2OSi. The summed E-state index contributed by atoms with van der Waals surface area (Å²) >= 11 is 3.66. The molecule has 0 bridgehead atoms. The first kappa shape index (κ1) is 26.0. The maximum Gasteiger partial charge on any atom is 0.261 e. The second-order valence-electron chi connectivity index (χ2n) is 11.5. The fourth-order valence-corrected chi connectivity index (χ4v) is 10.9. The normalized spacial score (nSPS) is 15.0. The quantitative estimate of drug-likeness (QED) is 0.207. The lowest BCUT2D eigenvalue weighted by Gasteiger charge is -2.43. The van der Waals surface area contributed by atoms with Crippen LogP contribution in [0.1, 0.15) is 57.7 Å². The van der Waals surface area contributed by atoms with Crippen molar-refractivity contribution in [2.75, 3.05) is 6.61 Å². The molecule has 3 aromatic carbocycles. The van der Waals surface area contributed by atoms with Crippen LogP contribution >= 0.6 is 15.9 Å². The lowest BCUT2D eigenvalue weighted by atomic mass is 10.1. The smallest absolute Gasteiger partial charge is 0.261 e. The SMILES string of the molecule is C[C@H](CO[Si](c1ccccc1)(c1ccccc1)C(C)(C)C)Cn1c(C#N)c(C2CC2)c2ccc(Br)cc21. The van der Waals surface area contributed by atoms with E-state index in [4.69, 9.17) is 4.43 Å². The Morgan fingerprint density at radius 2 is 1.59 bits per heavy atom. The Balaban J connectivity index is 1.51. The third kappa shape index (κ3) is 4.83. The van der Waals surface area contributed by atoms with Crippen molar-refractivity contribution in [3.8, 4) is 6.07 Å². The van der Waals surface area contributed by atoms with Gasteiger partial charge in [0.2, 0.25) is 0 Å². The number of halogens is 1. The van der Waals surface area contributed by atoms with Gasteiger partial charge in [0.05, 0.1) is 5.52 Å². The van der Waals surface area contributed by atoms with E-state index in [9.17, 15) is 5.26 Å². The molecular weight excluding hydrogens is 536 g/mol. The summed E-state index contributed by atoms with van der Waals surface area (Å²) in [4.78, 5) is 0. The summed E-state index contributed by atoms with van der Waals surface area (Å²) in [6.07, 6.45) is 2.35. The van der Waals surface area contributed by atoms with Crippen LogP contribution in [0.15, 0.2) is 83.3 Å². The molecule has 0 N–H and O–H groups in total. The van der Waals surface area contributed by atoms with Crippen LogP contribution in [-0.4, -0.2) is 19.5 Å². The van der Waals surface area contributed by atoms with Gasteiger partial charge in [-0.25, -0.2) is 0 Å². The highest BCUT2D eigenvalue weighted by Crippen LogP contribution is 2.46. The summed E-state index contributed by atoms with van der Waals surface area (Å²) in [7, 11) is -2.60. The first-order valence-electron chi connectivity index (χ1n) is 13.2. The van der Waals surface area contributed by atoms with Gasteiger partial charge >= 0.3 is 0 Å².